The van der Waals surface area contributed by atoms with Crippen LogP contribution in [0.5, 0.6) is 0 Å². The summed E-state index contributed by atoms with van der Waals surface area (Å²) in [6.07, 6.45) is 1.58. The van der Waals surface area contributed by atoms with Crippen LogP contribution >= 0.6 is 0 Å². The van der Waals surface area contributed by atoms with Gasteiger partial charge in [0.25, 0.3) is 5.91 Å². The fourth-order valence-electron chi connectivity index (χ4n) is 3.74. The van der Waals surface area contributed by atoms with Crippen molar-refractivity contribution in [2.24, 2.45) is 0 Å². The minimum atomic E-state index is -0.951. The molecule has 7 heteroatoms. The number of anilines is 1. The predicted molar refractivity (Wildman–Crippen MR) is 145 cm³/mol. The summed E-state index contributed by atoms with van der Waals surface area (Å²) < 4.78 is 5.28. The topological polar surface area (TPSA) is 87.7 Å². The fourth-order valence-corrected chi connectivity index (χ4v) is 3.74. The lowest BCUT2D eigenvalue weighted by atomic mass is 9.92. The molecule has 0 aliphatic heterocycles. The zero-order valence-corrected chi connectivity index (χ0v) is 22.5. The van der Waals surface area contributed by atoms with Gasteiger partial charge in [-0.3, -0.25) is 9.59 Å². The molecule has 7 nitrogen and oxygen atoms in total. The van der Waals surface area contributed by atoms with Crippen LogP contribution in [0.3, 0.4) is 0 Å². The molecule has 0 aromatic heterocycles. The molecule has 0 radical (unpaired) electrons. The first-order valence-corrected chi connectivity index (χ1v) is 12.2. The number of carbonyl (C=O) groups excluding carboxylic acids is 3. The van der Waals surface area contributed by atoms with Gasteiger partial charge >= 0.3 is 6.09 Å². The van der Waals surface area contributed by atoms with E-state index in [9.17, 15) is 14.4 Å². The third kappa shape index (κ3) is 7.70. The van der Waals surface area contributed by atoms with Crippen LogP contribution in [0.1, 0.15) is 70.7 Å². The van der Waals surface area contributed by atoms with Crippen molar-refractivity contribution in [2.45, 2.75) is 72.1 Å². The molecular formula is C29H39N3O4. The van der Waals surface area contributed by atoms with Gasteiger partial charge < -0.3 is 20.3 Å². The SMILES string of the molecule is C=Cc1cccc(C(C(=O)Nc2ccccc2C)N(C(=O)CNC(=O)OC(C)(C)C)C(C)(C)CC)c1. The van der Waals surface area contributed by atoms with Gasteiger partial charge in [0, 0.05) is 11.2 Å². The number of benzene rings is 2. The lowest BCUT2D eigenvalue weighted by Crippen LogP contribution is -2.55. The molecule has 0 saturated carbocycles. The number of hydrogen-bond acceptors (Lipinski definition) is 4. The molecule has 2 rings (SSSR count). The third-order valence-corrected chi connectivity index (χ3v) is 5.94. The number of carbonyl (C=O) groups is 3. The van der Waals surface area contributed by atoms with Gasteiger partial charge in [0.05, 0.1) is 0 Å². The molecule has 36 heavy (non-hydrogen) atoms. The van der Waals surface area contributed by atoms with Gasteiger partial charge in [-0.2, -0.15) is 0 Å². The van der Waals surface area contributed by atoms with Gasteiger partial charge in [0.2, 0.25) is 5.91 Å². The predicted octanol–water partition coefficient (Wildman–Crippen LogP) is 5.86. The van der Waals surface area contributed by atoms with Crippen molar-refractivity contribution in [1.82, 2.24) is 10.2 Å². The zero-order valence-electron chi connectivity index (χ0n) is 22.5. The second-order valence-corrected chi connectivity index (χ2v) is 10.4. The Labute approximate surface area is 214 Å². The molecule has 0 bridgehead atoms. The molecule has 0 fully saturated rings. The molecule has 2 aromatic rings. The molecule has 0 heterocycles. The van der Waals surface area contributed by atoms with E-state index in [1.807, 2.05) is 76.2 Å². The van der Waals surface area contributed by atoms with Crippen molar-refractivity contribution in [3.8, 4) is 0 Å². The third-order valence-electron chi connectivity index (χ3n) is 5.94. The van der Waals surface area contributed by atoms with Gasteiger partial charge in [-0.1, -0.05) is 56.0 Å². The summed E-state index contributed by atoms with van der Waals surface area (Å²) in [6, 6.07) is 13.9. The van der Waals surface area contributed by atoms with Gasteiger partial charge in [0.1, 0.15) is 18.2 Å². The molecule has 0 saturated heterocycles. The first-order valence-electron chi connectivity index (χ1n) is 12.2. The van der Waals surface area contributed by atoms with E-state index >= 15 is 0 Å². The monoisotopic (exact) mass is 493 g/mol. The van der Waals surface area contributed by atoms with Gasteiger partial charge in [-0.05, 0) is 76.8 Å². The summed E-state index contributed by atoms with van der Waals surface area (Å²) in [7, 11) is 0. The lowest BCUT2D eigenvalue weighted by Gasteiger charge is -2.43. The highest BCUT2D eigenvalue weighted by molar-refractivity contribution is 5.99. The normalized spacial score (nSPS) is 12.3. The van der Waals surface area contributed by atoms with E-state index in [0.717, 1.165) is 11.1 Å². The van der Waals surface area contributed by atoms with Gasteiger partial charge in [-0.15, -0.1) is 0 Å². The Hall–Kier alpha value is -3.61. The number of amides is 3. The van der Waals surface area contributed by atoms with E-state index in [2.05, 4.69) is 17.2 Å². The highest BCUT2D eigenvalue weighted by Crippen LogP contribution is 2.33. The maximum Gasteiger partial charge on any atom is 0.408 e. The smallest absolute Gasteiger partial charge is 0.408 e. The molecule has 0 spiro atoms. The second kappa shape index (κ2) is 11.9. The maximum absolute atomic E-state index is 13.9. The molecule has 3 amide bonds. The molecule has 2 aromatic carbocycles. The summed E-state index contributed by atoms with van der Waals surface area (Å²) in [4.78, 5) is 41.3. The summed E-state index contributed by atoms with van der Waals surface area (Å²) in [6.45, 7) is 16.5. The van der Waals surface area contributed by atoms with Crippen molar-refractivity contribution in [3.63, 3.8) is 0 Å². The maximum atomic E-state index is 13.9. The van der Waals surface area contributed by atoms with Crippen LogP contribution in [0.15, 0.2) is 55.1 Å². The zero-order chi connectivity index (χ0) is 27.1. The van der Waals surface area contributed by atoms with Crippen molar-refractivity contribution in [1.29, 1.82) is 0 Å². The Balaban J connectivity index is 2.51. The van der Waals surface area contributed by atoms with Crippen LogP contribution in [-0.4, -0.2) is 40.5 Å². The van der Waals surface area contributed by atoms with Crippen LogP contribution in [0.25, 0.3) is 6.08 Å². The van der Waals surface area contributed by atoms with Crippen LogP contribution in [0.4, 0.5) is 10.5 Å². The molecule has 2 N–H and O–H groups in total. The number of nitrogens with one attached hydrogen (secondary N) is 2. The molecule has 194 valence electrons. The Kier molecular flexibility index (Phi) is 9.45. The van der Waals surface area contributed by atoms with Crippen molar-refractivity contribution >= 4 is 29.7 Å². The Morgan fingerprint density at radius 1 is 1.06 bits per heavy atom. The van der Waals surface area contributed by atoms with E-state index in [1.165, 1.54) is 0 Å². The summed E-state index contributed by atoms with van der Waals surface area (Å²) in [5.41, 5.74) is 1.64. The van der Waals surface area contributed by atoms with Crippen LogP contribution < -0.4 is 10.6 Å². The van der Waals surface area contributed by atoms with E-state index in [1.54, 1.807) is 31.7 Å². The fraction of sp³-hybridized carbons (Fsp3) is 0.414. The van der Waals surface area contributed by atoms with Gasteiger partial charge in [0.15, 0.2) is 0 Å². The summed E-state index contributed by atoms with van der Waals surface area (Å²) >= 11 is 0. The first kappa shape index (κ1) is 28.6. The largest absolute Gasteiger partial charge is 0.444 e. The lowest BCUT2D eigenvalue weighted by molar-refractivity contribution is -0.145. The quantitative estimate of drug-likeness (QED) is 0.458. The second-order valence-electron chi connectivity index (χ2n) is 10.4. The Bertz CT molecular complexity index is 1100. The van der Waals surface area contributed by atoms with E-state index < -0.39 is 29.2 Å². The van der Waals surface area contributed by atoms with E-state index in [-0.39, 0.29) is 12.5 Å². The van der Waals surface area contributed by atoms with Gasteiger partial charge in [-0.25, -0.2) is 4.79 Å². The molecule has 0 aliphatic rings. The number of para-hydroxylation sites is 1. The number of rotatable bonds is 9. The van der Waals surface area contributed by atoms with Crippen molar-refractivity contribution in [3.05, 3.63) is 71.8 Å². The minimum Gasteiger partial charge on any atom is -0.444 e. The minimum absolute atomic E-state index is 0.312. The molecule has 1 atom stereocenters. The average molecular weight is 494 g/mol. The molecule has 0 aliphatic carbocycles. The Morgan fingerprint density at radius 3 is 2.31 bits per heavy atom. The molecule has 1 unspecified atom stereocenters. The number of hydrogen-bond donors (Lipinski definition) is 2. The Morgan fingerprint density at radius 2 is 1.72 bits per heavy atom. The van der Waals surface area contributed by atoms with Crippen LogP contribution in [0, 0.1) is 6.92 Å². The van der Waals surface area contributed by atoms with Crippen molar-refractivity contribution < 1.29 is 19.1 Å². The average Bonchev–Trinajstić information content (AvgIpc) is 2.81. The van der Waals surface area contributed by atoms with Crippen molar-refractivity contribution in [2.75, 3.05) is 11.9 Å². The molecular weight excluding hydrogens is 454 g/mol. The standard InChI is InChI=1S/C29H39N3O4/c1-9-21-15-13-16-22(18-21)25(26(34)31-23-17-12-11-14-20(23)3)32(29(7,8)10-2)24(33)19-30-27(35)36-28(4,5)6/h9,11-18,25H,1,10,19H2,2-8H3,(H,30,35)(H,31,34). The van der Waals surface area contributed by atoms with Crippen LogP contribution in [0.2, 0.25) is 0 Å². The number of nitrogens with zero attached hydrogens (tertiary/aromatic N) is 1. The van der Waals surface area contributed by atoms with Crippen LogP contribution in [-0.2, 0) is 14.3 Å². The van der Waals surface area contributed by atoms with E-state index in [0.29, 0.717) is 17.7 Å². The number of ether oxygens (including phenoxy) is 1. The highest BCUT2D eigenvalue weighted by Gasteiger charge is 2.40. The number of alkyl carbamates (subject to hydrolysis) is 1. The summed E-state index contributed by atoms with van der Waals surface area (Å²) in [5, 5.41) is 5.55. The highest BCUT2D eigenvalue weighted by atomic mass is 16.6. The summed E-state index contributed by atoms with van der Waals surface area (Å²) in [5.74, 6) is -0.751. The van der Waals surface area contributed by atoms with E-state index in [4.69, 9.17) is 4.74 Å². The number of aryl methyl sites for hydroxylation is 1. The first-order chi connectivity index (χ1) is 16.8.